The second kappa shape index (κ2) is 7.46. The molecule has 7 heteroatoms. The molecule has 1 rings (SSSR count). The molecule has 1 aromatic carbocycles. The number of halogens is 3. The first-order chi connectivity index (χ1) is 10.1. The third kappa shape index (κ3) is 5.61. The maximum Gasteiger partial charge on any atom is 0.391 e. The second-order valence-corrected chi connectivity index (χ2v) is 6.90. The number of benzene rings is 1. The number of hydrogen-bond donors (Lipinski definition) is 1. The first-order valence-electron chi connectivity index (χ1n) is 7.19. The molecule has 0 spiro atoms. The molecule has 1 N–H and O–H groups in total. The third-order valence-corrected chi connectivity index (χ3v) is 4.60. The summed E-state index contributed by atoms with van der Waals surface area (Å²) >= 11 is 0. The second-order valence-electron chi connectivity index (χ2n) is 5.48. The van der Waals surface area contributed by atoms with Crippen molar-refractivity contribution in [3.8, 4) is 0 Å². The van der Waals surface area contributed by atoms with Crippen LogP contribution in [0.5, 0.6) is 0 Å². The number of rotatable bonds is 7. The molecule has 0 aliphatic carbocycles. The van der Waals surface area contributed by atoms with Crippen molar-refractivity contribution in [1.82, 2.24) is 0 Å². The van der Waals surface area contributed by atoms with Gasteiger partial charge in [-0.15, -0.1) is 0 Å². The maximum absolute atomic E-state index is 13.0. The molecule has 3 nitrogen and oxygen atoms in total. The van der Waals surface area contributed by atoms with E-state index in [-0.39, 0.29) is 24.2 Å². The van der Waals surface area contributed by atoms with Gasteiger partial charge in [-0.05, 0) is 49.4 Å². The van der Waals surface area contributed by atoms with Crippen molar-refractivity contribution < 1.29 is 26.1 Å². The highest BCUT2D eigenvalue weighted by Gasteiger charge is 2.38. The topological polar surface area (TPSA) is 54.4 Å². The summed E-state index contributed by atoms with van der Waals surface area (Å²) in [6, 6.07) is 3.98. The molecule has 0 aromatic heterocycles. The van der Waals surface area contributed by atoms with Gasteiger partial charge >= 0.3 is 6.18 Å². The fourth-order valence-electron chi connectivity index (χ4n) is 2.33. The van der Waals surface area contributed by atoms with Gasteiger partial charge in [-0.1, -0.05) is 25.8 Å². The average molecular weight is 338 g/mol. The van der Waals surface area contributed by atoms with Gasteiger partial charge in [-0.3, -0.25) is 4.55 Å². The normalized spacial score (nSPS) is 14.1. The molecule has 126 valence electrons. The highest BCUT2D eigenvalue weighted by atomic mass is 32.2. The zero-order chi connectivity index (χ0) is 17.0. The molecule has 0 saturated carbocycles. The van der Waals surface area contributed by atoms with E-state index in [0.717, 1.165) is 0 Å². The Morgan fingerprint density at radius 1 is 1.23 bits per heavy atom. The summed E-state index contributed by atoms with van der Waals surface area (Å²) in [6.07, 6.45) is -2.92. The largest absolute Gasteiger partial charge is 0.391 e. The van der Waals surface area contributed by atoms with E-state index in [1.807, 2.05) is 6.92 Å². The van der Waals surface area contributed by atoms with Crippen molar-refractivity contribution in [2.45, 2.75) is 57.0 Å². The fraction of sp³-hybridized carbons (Fsp3) is 0.600. The number of unbranched alkanes of at least 4 members (excludes halogenated alkanes) is 1. The number of aryl methyl sites for hydroxylation is 2. The lowest BCUT2D eigenvalue weighted by atomic mass is 9.92. The predicted octanol–water partition coefficient (Wildman–Crippen LogP) is 4.54. The molecule has 0 saturated heterocycles. The minimum Gasteiger partial charge on any atom is -0.282 e. The summed E-state index contributed by atoms with van der Waals surface area (Å²) in [4.78, 5) is -0.287. The Hall–Kier alpha value is -1.08. The molecule has 1 atom stereocenters. The van der Waals surface area contributed by atoms with Crippen molar-refractivity contribution in [1.29, 1.82) is 0 Å². The summed E-state index contributed by atoms with van der Waals surface area (Å²) in [7, 11) is -4.35. The van der Waals surface area contributed by atoms with Crippen LogP contribution < -0.4 is 0 Å². The van der Waals surface area contributed by atoms with Crippen LogP contribution in [-0.2, 0) is 16.5 Å². The molecular weight excluding hydrogens is 317 g/mol. The van der Waals surface area contributed by atoms with Crippen LogP contribution >= 0.6 is 0 Å². The van der Waals surface area contributed by atoms with Crippen molar-refractivity contribution in [3.63, 3.8) is 0 Å². The molecule has 0 aliphatic rings. The SMILES string of the molecule is CCCCC(CCc1cc(S(=O)(=O)O)ccc1C)C(F)(F)F. The predicted molar refractivity (Wildman–Crippen MR) is 78.4 cm³/mol. The van der Waals surface area contributed by atoms with Crippen LogP contribution in [0.3, 0.4) is 0 Å². The zero-order valence-corrected chi connectivity index (χ0v) is 13.5. The highest BCUT2D eigenvalue weighted by Crippen LogP contribution is 2.34. The highest BCUT2D eigenvalue weighted by molar-refractivity contribution is 7.85. The summed E-state index contributed by atoms with van der Waals surface area (Å²) in [5, 5.41) is 0. The van der Waals surface area contributed by atoms with Crippen LogP contribution in [0.25, 0.3) is 0 Å². The fourth-order valence-corrected chi connectivity index (χ4v) is 2.86. The smallest absolute Gasteiger partial charge is 0.282 e. The van der Waals surface area contributed by atoms with Gasteiger partial charge in [0, 0.05) is 0 Å². The lowest BCUT2D eigenvalue weighted by molar-refractivity contribution is -0.178. The van der Waals surface area contributed by atoms with Crippen LogP contribution in [0.15, 0.2) is 23.1 Å². The molecule has 0 bridgehead atoms. The van der Waals surface area contributed by atoms with Crippen molar-refractivity contribution in [3.05, 3.63) is 29.3 Å². The molecule has 0 radical (unpaired) electrons. The Labute approximate surface area is 129 Å². The molecular formula is C15H21F3O3S. The van der Waals surface area contributed by atoms with E-state index in [1.165, 1.54) is 18.2 Å². The summed E-state index contributed by atoms with van der Waals surface area (Å²) in [6.45, 7) is 3.55. The van der Waals surface area contributed by atoms with Crippen LogP contribution in [0.1, 0.15) is 43.7 Å². The minimum absolute atomic E-state index is 0.0804. The summed E-state index contributed by atoms with van der Waals surface area (Å²) in [5.41, 5.74) is 1.23. The molecule has 1 unspecified atom stereocenters. The Kier molecular flexibility index (Phi) is 6.43. The average Bonchev–Trinajstić information content (AvgIpc) is 2.37. The minimum atomic E-state index is -4.35. The van der Waals surface area contributed by atoms with E-state index in [2.05, 4.69) is 0 Å². The Bertz CT molecular complexity index is 595. The van der Waals surface area contributed by atoms with Crippen LogP contribution in [0.2, 0.25) is 0 Å². The number of hydrogen-bond acceptors (Lipinski definition) is 2. The van der Waals surface area contributed by atoms with Crippen LogP contribution in [0, 0.1) is 12.8 Å². The van der Waals surface area contributed by atoms with Crippen molar-refractivity contribution >= 4 is 10.1 Å². The van der Waals surface area contributed by atoms with E-state index in [4.69, 9.17) is 4.55 Å². The van der Waals surface area contributed by atoms with Crippen LogP contribution in [0.4, 0.5) is 13.2 Å². The maximum atomic E-state index is 13.0. The Morgan fingerprint density at radius 2 is 1.86 bits per heavy atom. The zero-order valence-electron chi connectivity index (χ0n) is 12.7. The van der Waals surface area contributed by atoms with Gasteiger partial charge in [0.25, 0.3) is 10.1 Å². The van der Waals surface area contributed by atoms with Gasteiger partial charge < -0.3 is 0 Å². The standard InChI is InChI=1S/C15H21F3O3S/c1-3-4-5-13(15(16,17)18)8-7-12-10-14(22(19,20)21)9-6-11(12)2/h6,9-10,13H,3-5,7-8H2,1-2H3,(H,19,20,21). The van der Waals surface area contributed by atoms with Crippen molar-refractivity contribution in [2.75, 3.05) is 0 Å². The van der Waals surface area contributed by atoms with Gasteiger partial charge in [0.2, 0.25) is 0 Å². The molecule has 22 heavy (non-hydrogen) atoms. The van der Waals surface area contributed by atoms with E-state index in [1.54, 1.807) is 6.92 Å². The monoisotopic (exact) mass is 338 g/mol. The number of alkyl halides is 3. The Balaban J connectivity index is 2.89. The molecule has 1 aromatic rings. The molecule has 0 amide bonds. The van der Waals surface area contributed by atoms with Gasteiger partial charge in [-0.25, -0.2) is 0 Å². The Morgan fingerprint density at radius 3 is 2.36 bits per heavy atom. The molecule has 0 fully saturated rings. The van der Waals surface area contributed by atoms with Gasteiger partial charge in [0.15, 0.2) is 0 Å². The first-order valence-corrected chi connectivity index (χ1v) is 8.63. The first kappa shape index (κ1) is 19.0. The summed E-state index contributed by atoms with van der Waals surface area (Å²) < 4.78 is 70.2. The molecule has 0 aliphatic heterocycles. The quantitative estimate of drug-likeness (QED) is 0.743. The third-order valence-electron chi connectivity index (χ3n) is 3.75. The van der Waals surface area contributed by atoms with E-state index in [0.29, 0.717) is 24.0 Å². The molecule has 0 heterocycles. The lowest BCUT2D eigenvalue weighted by Gasteiger charge is -2.20. The summed E-state index contributed by atoms with van der Waals surface area (Å²) in [5.74, 6) is -1.39. The van der Waals surface area contributed by atoms with E-state index >= 15 is 0 Å². The van der Waals surface area contributed by atoms with Gasteiger partial charge in [0.05, 0.1) is 10.8 Å². The van der Waals surface area contributed by atoms with Gasteiger partial charge in [0.1, 0.15) is 0 Å². The lowest BCUT2D eigenvalue weighted by Crippen LogP contribution is -2.23. The van der Waals surface area contributed by atoms with Crippen LogP contribution in [-0.4, -0.2) is 19.1 Å². The van der Waals surface area contributed by atoms with Gasteiger partial charge in [-0.2, -0.15) is 21.6 Å². The van der Waals surface area contributed by atoms with E-state index < -0.39 is 22.2 Å². The van der Waals surface area contributed by atoms with Crippen molar-refractivity contribution in [2.24, 2.45) is 5.92 Å². The van der Waals surface area contributed by atoms with E-state index in [9.17, 15) is 21.6 Å².